The fourth-order valence-electron chi connectivity index (χ4n) is 4.46. The molecule has 29 heavy (non-hydrogen) atoms. The van der Waals surface area contributed by atoms with Crippen molar-refractivity contribution in [2.24, 2.45) is 11.3 Å². The van der Waals surface area contributed by atoms with Gasteiger partial charge in [-0.2, -0.15) is 0 Å². The lowest BCUT2D eigenvalue weighted by Crippen LogP contribution is -2.48. The Hall–Kier alpha value is -1.88. The number of ether oxygens (including phenoxy) is 1. The van der Waals surface area contributed by atoms with Gasteiger partial charge in [0.25, 0.3) is 11.8 Å². The summed E-state index contributed by atoms with van der Waals surface area (Å²) < 4.78 is 6.34. The predicted molar refractivity (Wildman–Crippen MR) is 114 cm³/mol. The van der Waals surface area contributed by atoms with Crippen LogP contribution in [0.25, 0.3) is 0 Å². The maximum Gasteiger partial charge on any atom is 0.263 e. The number of benzene rings is 1. The SMILES string of the molecule is CCCCCNC(=O)c1ccc2c(c1)C1(CCC(C)(C)CO1)C(=O)N2CC1CC1. The molecule has 2 aliphatic heterocycles. The van der Waals surface area contributed by atoms with Gasteiger partial charge in [-0.3, -0.25) is 9.59 Å². The van der Waals surface area contributed by atoms with Crippen LogP contribution in [0.4, 0.5) is 5.69 Å². The van der Waals surface area contributed by atoms with Crippen molar-refractivity contribution in [1.82, 2.24) is 5.32 Å². The van der Waals surface area contributed by atoms with E-state index in [1.165, 1.54) is 12.8 Å². The van der Waals surface area contributed by atoms with Crippen molar-refractivity contribution in [3.05, 3.63) is 29.3 Å². The number of unbranched alkanes of at least 4 members (excludes halogenated alkanes) is 2. The van der Waals surface area contributed by atoms with E-state index in [0.717, 1.165) is 43.5 Å². The average molecular weight is 399 g/mol. The van der Waals surface area contributed by atoms with Gasteiger partial charge in [-0.15, -0.1) is 0 Å². The number of rotatable bonds is 7. The fourth-order valence-corrected chi connectivity index (χ4v) is 4.46. The molecule has 5 nitrogen and oxygen atoms in total. The Labute approximate surface area is 174 Å². The number of nitrogens with one attached hydrogen (secondary N) is 1. The zero-order chi connectivity index (χ0) is 20.6. The second kappa shape index (κ2) is 7.75. The minimum atomic E-state index is -0.918. The van der Waals surface area contributed by atoms with Crippen LogP contribution in [0.2, 0.25) is 0 Å². The molecule has 158 valence electrons. The Bertz CT molecular complexity index is 787. The minimum absolute atomic E-state index is 0.0652. The molecule has 1 aromatic carbocycles. The van der Waals surface area contributed by atoms with Gasteiger partial charge < -0.3 is 15.0 Å². The van der Waals surface area contributed by atoms with Crippen LogP contribution in [0.1, 0.15) is 81.6 Å². The van der Waals surface area contributed by atoms with E-state index < -0.39 is 5.60 Å². The zero-order valence-corrected chi connectivity index (χ0v) is 18.1. The molecule has 1 aliphatic carbocycles. The number of hydrogen-bond donors (Lipinski definition) is 1. The van der Waals surface area contributed by atoms with Crippen LogP contribution in [0, 0.1) is 11.3 Å². The van der Waals surface area contributed by atoms with E-state index in [-0.39, 0.29) is 17.2 Å². The smallest absolute Gasteiger partial charge is 0.263 e. The molecule has 5 heteroatoms. The molecule has 1 saturated heterocycles. The molecule has 1 atom stereocenters. The summed E-state index contributed by atoms with van der Waals surface area (Å²) in [5.41, 5.74) is 1.60. The maximum absolute atomic E-state index is 13.5. The second-order valence-corrected chi connectivity index (χ2v) is 9.83. The summed E-state index contributed by atoms with van der Waals surface area (Å²) >= 11 is 0. The Morgan fingerprint density at radius 3 is 2.69 bits per heavy atom. The van der Waals surface area contributed by atoms with Gasteiger partial charge in [0.05, 0.1) is 12.3 Å². The highest BCUT2D eigenvalue weighted by molar-refractivity contribution is 6.08. The lowest BCUT2D eigenvalue weighted by molar-refractivity contribution is -0.161. The monoisotopic (exact) mass is 398 g/mol. The van der Waals surface area contributed by atoms with Crippen LogP contribution < -0.4 is 10.2 Å². The molecule has 1 spiro atoms. The Kier molecular flexibility index (Phi) is 5.45. The van der Waals surface area contributed by atoms with E-state index in [1.807, 2.05) is 23.1 Å². The van der Waals surface area contributed by atoms with Crippen molar-refractivity contribution in [2.75, 3.05) is 24.6 Å². The lowest BCUT2D eigenvalue weighted by Gasteiger charge is -2.40. The fraction of sp³-hybridized carbons (Fsp3) is 0.667. The van der Waals surface area contributed by atoms with Gasteiger partial charge in [0.1, 0.15) is 0 Å². The Morgan fingerprint density at radius 1 is 1.24 bits per heavy atom. The van der Waals surface area contributed by atoms with E-state index in [9.17, 15) is 9.59 Å². The van der Waals surface area contributed by atoms with Crippen molar-refractivity contribution in [3.8, 4) is 0 Å². The van der Waals surface area contributed by atoms with Crippen LogP contribution in [-0.4, -0.2) is 31.5 Å². The molecule has 1 saturated carbocycles. The van der Waals surface area contributed by atoms with Crippen molar-refractivity contribution >= 4 is 17.5 Å². The van der Waals surface area contributed by atoms with Gasteiger partial charge in [0, 0.05) is 24.2 Å². The van der Waals surface area contributed by atoms with E-state index in [0.29, 0.717) is 31.1 Å². The molecule has 0 bridgehead atoms. The third kappa shape index (κ3) is 3.94. The summed E-state index contributed by atoms with van der Waals surface area (Å²) in [6, 6.07) is 5.72. The summed E-state index contributed by atoms with van der Waals surface area (Å²) in [5, 5.41) is 3.02. The third-order valence-electron chi connectivity index (χ3n) is 6.64. The lowest BCUT2D eigenvalue weighted by atomic mass is 9.77. The topological polar surface area (TPSA) is 58.6 Å². The number of carbonyl (C=O) groups is 2. The highest BCUT2D eigenvalue weighted by Gasteiger charge is 2.55. The normalized spacial score (nSPS) is 25.3. The number of nitrogens with zero attached hydrogens (tertiary/aromatic N) is 1. The third-order valence-corrected chi connectivity index (χ3v) is 6.64. The van der Waals surface area contributed by atoms with Crippen LogP contribution in [0.15, 0.2) is 18.2 Å². The first kappa shape index (κ1) is 20.4. The van der Waals surface area contributed by atoms with Crippen molar-refractivity contribution < 1.29 is 14.3 Å². The summed E-state index contributed by atoms with van der Waals surface area (Å²) in [6.45, 7) is 8.53. The summed E-state index contributed by atoms with van der Waals surface area (Å²) in [6.07, 6.45) is 7.22. The van der Waals surface area contributed by atoms with E-state index in [1.54, 1.807) is 0 Å². The number of fused-ring (bicyclic) bond motifs is 2. The quantitative estimate of drug-likeness (QED) is 0.693. The second-order valence-electron chi connectivity index (χ2n) is 9.83. The van der Waals surface area contributed by atoms with Crippen LogP contribution >= 0.6 is 0 Å². The Balaban J connectivity index is 1.62. The molecule has 2 amide bonds. The first-order chi connectivity index (χ1) is 13.9. The molecule has 1 N–H and O–H groups in total. The van der Waals surface area contributed by atoms with Gasteiger partial charge in [-0.25, -0.2) is 0 Å². The standard InChI is InChI=1S/C24H34N2O3/c1-4-5-6-13-25-21(27)18-9-10-20-19(14-18)24(12-11-23(2,3)16-29-24)22(28)26(20)15-17-7-8-17/h9-10,14,17H,4-8,11-13,15-16H2,1-3H3,(H,25,27). The minimum Gasteiger partial charge on any atom is -0.360 e. The highest BCUT2D eigenvalue weighted by Crippen LogP contribution is 2.51. The predicted octanol–water partition coefficient (Wildman–Crippen LogP) is 4.40. The van der Waals surface area contributed by atoms with Gasteiger partial charge in [0.15, 0.2) is 5.60 Å². The van der Waals surface area contributed by atoms with Crippen molar-refractivity contribution in [1.29, 1.82) is 0 Å². The largest absolute Gasteiger partial charge is 0.360 e. The number of carbonyl (C=O) groups excluding carboxylic acids is 2. The Morgan fingerprint density at radius 2 is 2.03 bits per heavy atom. The molecule has 2 heterocycles. The summed E-state index contributed by atoms with van der Waals surface area (Å²) in [5.74, 6) is 0.599. The molecule has 1 unspecified atom stereocenters. The zero-order valence-electron chi connectivity index (χ0n) is 18.1. The van der Waals surface area contributed by atoms with Gasteiger partial charge in [0.2, 0.25) is 0 Å². The first-order valence-electron chi connectivity index (χ1n) is 11.2. The molecular weight excluding hydrogens is 364 g/mol. The molecule has 2 fully saturated rings. The van der Waals surface area contributed by atoms with E-state index in [4.69, 9.17) is 4.74 Å². The molecular formula is C24H34N2O3. The maximum atomic E-state index is 13.5. The van der Waals surface area contributed by atoms with Crippen LogP contribution in [-0.2, 0) is 15.1 Å². The van der Waals surface area contributed by atoms with Crippen molar-refractivity contribution in [2.45, 2.75) is 71.3 Å². The molecule has 1 aromatic rings. The van der Waals surface area contributed by atoms with Crippen molar-refractivity contribution in [3.63, 3.8) is 0 Å². The molecule has 3 aliphatic rings. The van der Waals surface area contributed by atoms with Gasteiger partial charge in [-0.1, -0.05) is 33.6 Å². The first-order valence-corrected chi connectivity index (χ1v) is 11.2. The van der Waals surface area contributed by atoms with E-state index in [2.05, 4.69) is 26.1 Å². The van der Waals surface area contributed by atoms with E-state index >= 15 is 0 Å². The molecule has 4 rings (SSSR count). The van der Waals surface area contributed by atoms with Crippen LogP contribution in [0.5, 0.6) is 0 Å². The highest BCUT2D eigenvalue weighted by atomic mass is 16.5. The summed E-state index contributed by atoms with van der Waals surface area (Å²) in [4.78, 5) is 28.1. The average Bonchev–Trinajstić information content (AvgIpc) is 3.50. The van der Waals surface area contributed by atoms with Gasteiger partial charge >= 0.3 is 0 Å². The van der Waals surface area contributed by atoms with Crippen LogP contribution in [0.3, 0.4) is 0 Å². The number of anilines is 1. The number of amides is 2. The summed E-state index contributed by atoms with van der Waals surface area (Å²) in [7, 11) is 0. The number of hydrogen-bond acceptors (Lipinski definition) is 3. The molecule has 0 aromatic heterocycles. The molecule has 0 radical (unpaired) electrons. The van der Waals surface area contributed by atoms with Gasteiger partial charge in [-0.05, 0) is 61.6 Å².